The van der Waals surface area contributed by atoms with Crippen LogP contribution in [0.4, 0.5) is 5.95 Å². The summed E-state index contributed by atoms with van der Waals surface area (Å²) in [5, 5.41) is 7.96. The van der Waals surface area contributed by atoms with E-state index >= 15 is 0 Å². The number of hydrogen-bond donors (Lipinski definition) is 2. The largest absolute Gasteiger partial charge is 0.371 e. The zero-order valence-electron chi connectivity index (χ0n) is 21.4. The number of nitrogens with one attached hydrogen (secondary N) is 2. The van der Waals surface area contributed by atoms with Crippen LogP contribution in [0.3, 0.4) is 0 Å². The van der Waals surface area contributed by atoms with Crippen molar-refractivity contribution in [1.82, 2.24) is 15.3 Å². The Morgan fingerprint density at radius 3 is 2.65 bits per heavy atom. The van der Waals surface area contributed by atoms with E-state index in [2.05, 4.69) is 73.6 Å². The number of benzene rings is 1. The molecule has 1 fully saturated rings. The minimum atomic E-state index is 0.383. The zero-order chi connectivity index (χ0) is 23.9. The predicted octanol–water partition coefficient (Wildman–Crippen LogP) is 7.87. The molecule has 0 radical (unpaired) electrons. The fourth-order valence-electron chi connectivity index (χ4n) is 5.19. The number of rotatable bonds is 10. The quantitative estimate of drug-likeness (QED) is 0.364. The van der Waals surface area contributed by atoms with Crippen molar-refractivity contribution in [2.75, 3.05) is 5.32 Å². The van der Waals surface area contributed by atoms with Gasteiger partial charge in [-0.3, -0.25) is 0 Å². The van der Waals surface area contributed by atoms with Crippen molar-refractivity contribution < 1.29 is 0 Å². The monoisotopic (exact) mass is 478 g/mol. The van der Waals surface area contributed by atoms with Crippen LogP contribution in [0, 0.1) is 18.8 Å². The van der Waals surface area contributed by atoms with Crippen molar-refractivity contribution in [2.45, 2.75) is 96.9 Å². The van der Waals surface area contributed by atoms with Crippen molar-refractivity contribution in [3.8, 4) is 0 Å². The molecule has 4 rings (SSSR count). The van der Waals surface area contributed by atoms with Crippen LogP contribution in [0.5, 0.6) is 0 Å². The standard InChI is InChI=1S/C29H42N4S/c1-5-10-22(16-15-20(2)3)28-33-26(23-12-9-11-21(4)19-23)27(34-28)25-17-18-30-29(32-25)31-24-13-7-6-8-14-24/h9,11-12,17-20,22,24,28,33H,5-8,10,13-16H2,1-4H3,(H,30,31,32). The highest BCUT2D eigenvalue weighted by atomic mass is 32.2. The van der Waals surface area contributed by atoms with Crippen molar-refractivity contribution >= 4 is 28.3 Å². The summed E-state index contributed by atoms with van der Waals surface area (Å²) in [6.45, 7) is 9.15. The molecule has 1 aromatic carbocycles. The number of nitrogens with zero attached hydrogens (tertiary/aromatic N) is 2. The highest BCUT2D eigenvalue weighted by Crippen LogP contribution is 2.45. The van der Waals surface area contributed by atoms with Gasteiger partial charge in [0.2, 0.25) is 5.95 Å². The molecule has 2 aromatic rings. The Bertz CT molecular complexity index is 964. The van der Waals surface area contributed by atoms with E-state index in [1.165, 1.54) is 79.5 Å². The van der Waals surface area contributed by atoms with Gasteiger partial charge in [0.05, 0.1) is 21.7 Å². The number of aromatic nitrogens is 2. The van der Waals surface area contributed by atoms with E-state index in [-0.39, 0.29) is 0 Å². The van der Waals surface area contributed by atoms with Gasteiger partial charge in [-0.15, -0.1) is 0 Å². The molecular formula is C29H42N4S. The number of thioether (sulfide) groups is 1. The van der Waals surface area contributed by atoms with Crippen LogP contribution in [0.25, 0.3) is 10.6 Å². The van der Waals surface area contributed by atoms with E-state index in [0.29, 0.717) is 17.3 Å². The third-order valence-electron chi connectivity index (χ3n) is 7.09. The lowest BCUT2D eigenvalue weighted by molar-refractivity contribution is 0.376. The van der Waals surface area contributed by atoms with Gasteiger partial charge in [0.1, 0.15) is 0 Å². The minimum absolute atomic E-state index is 0.383. The van der Waals surface area contributed by atoms with Crippen molar-refractivity contribution in [3.05, 3.63) is 53.3 Å². The summed E-state index contributed by atoms with van der Waals surface area (Å²) in [6.07, 6.45) is 13.3. The van der Waals surface area contributed by atoms with Crippen LogP contribution >= 0.6 is 11.8 Å². The van der Waals surface area contributed by atoms with Gasteiger partial charge < -0.3 is 10.6 Å². The summed E-state index contributed by atoms with van der Waals surface area (Å²) < 4.78 is 0. The molecule has 4 nitrogen and oxygen atoms in total. The van der Waals surface area contributed by atoms with Gasteiger partial charge in [-0.2, -0.15) is 0 Å². The molecule has 184 valence electrons. The summed E-state index contributed by atoms with van der Waals surface area (Å²) >= 11 is 1.98. The van der Waals surface area contributed by atoms with E-state index in [1.807, 2.05) is 18.0 Å². The van der Waals surface area contributed by atoms with E-state index in [4.69, 9.17) is 4.98 Å². The highest BCUT2D eigenvalue weighted by molar-refractivity contribution is 8.09. The normalized spacial score (nSPS) is 20.0. The fraction of sp³-hybridized carbons (Fsp3) is 0.586. The first-order chi connectivity index (χ1) is 16.5. The number of anilines is 1. The number of aryl methyl sites for hydroxylation is 1. The Morgan fingerprint density at radius 2 is 1.91 bits per heavy atom. The second-order valence-corrected chi connectivity index (χ2v) is 11.7. The average Bonchev–Trinajstić information content (AvgIpc) is 3.28. The molecular weight excluding hydrogens is 436 g/mol. The lowest BCUT2D eigenvalue weighted by Gasteiger charge is -2.25. The Balaban J connectivity index is 1.62. The molecule has 0 spiro atoms. The Hall–Kier alpha value is -2.01. The molecule has 34 heavy (non-hydrogen) atoms. The van der Waals surface area contributed by atoms with Gasteiger partial charge in [0.25, 0.3) is 0 Å². The van der Waals surface area contributed by atoms with Crippen molar-refractivity contribution in [3.63, 3.8) is 0 Å². The van der Waals surface area contributed by atoms with E-state index in [9.17, 15) is 0 Å². The first-order valence-electron chi connectivity index (χ1n) is 13.4. The molecule has 0 bridgehead atoms. The van der Waals surface area contributed by atoms with E-state index < -0.39 is 0 Å². The molecule has 0 saturated heterocycles. The van der Waals surface area contributed by atoms with Gasteiger partial charge in [-0.25, -0.2) is 9.97 Å². The van der Waals surface area contributed by atoms with Gasteiger partial charge in [0.15, 0.2) is 0 Å². The van der Waals surface area contributed by atoms with Crippen LogP contribution < -0.4 is 10.6 Å². The molecule has 1 aliphatic carbocycles. The van der Waals surface area contributed by atoms with Gasteiger partial charge in [-0.05, 0) is 62.1 Å². The fourth-order valence-corrected chi connectivity index (χ4v) is 6.61. The first-order valence-corrected chi connectivity index (χ1v) is 14.3. The molecule has 1 aliphatic heterocycles. The smallest absolute Gasteiger partial charge is 0.223 e. The topological polar surface area (TPSA) is 49.8 Å². The Kier molecular flexibility index (Phi) is 8.93. The molecule has 1 saturated carbocycles. The second-order valence-electron chi connectivity index (χ2n) is 10.5. The van der Waals surface area contributed by atoms with Crippen LogP contribution in [0.15, 0.2) is 36.5 Å². The van der Waals surface area contributed by atoms with Gasteiger partial charge in [-0.1, -0.05) is 88.4 Å². The molecule has 2 heterocycles. The molecule has 5 heteroatoms. The zero-order valence-corrected chi connectivity index (χ0v) is 22.3. The van der Waals surface area contributed by atoms with Crippen LogP contribution in [-0.4, -0.2) is 21.4 Å². The van der Waals surface area contributed by atoms with E-state index in [0.717, 1.165) is 17.6 Å². The molecule has 0 amide bonds. The van der Waals surface area contributed by atoms with Crippen molar-refractivity contribution in [1.29, 1.82) is 0 Å². The van der Waals surface area contributed by atoms with Crippen LogP contribution in [0.2, 0.25) is 0 Å². The predicted molar refractivity (Wildman–Crippen MR) is 148 cm³/mol. The van der Waals surface area contributed by atoms with Gasteiger partial charge in [0, 0.05) is 12.2 Å². The average molecular weight is 479 g/mol. The maximum absolute atomic E-state index is 5.02. The molecule has 2 aliphatic rings. The molecule has 2 N–H and O–H groups in total. The summed E-state index contributed by atoms with van der Waals surface area (Å²) in [4.78, 5) is 10.9. The second kappa shape index (κ2) is 12.1. The third-order valence-corrected chi connectivity index (χ3v) is 8.50. The lowest BCUT2D eigenvalue weighted by atomic mass is 9.93. The first kappa shape index (κ1) is 25.1. The highest BCUT2D eigenvalue weighted by Gasteiger charge is 2.32. The number of hydrogen-bond acceptors (Lipinski definition) is 5. The molecule has 1 aromatic heterocycles. The minimum Gasteiger partial charge on any atom is -0.371 e. The molecule has 2 atom stereocenters. The maximum atomic E-state index is 5.02. The summed E-state index contributed by atoms with van der Waals surface area (Å²) in [5.41, 5.74) is 4.80. The molecule has 2 unspecified atom stereocenters. The summed E-state index contributed by atoms with van der Waals surface area (Å²) in [7, 11) is 0. The SMILES string of the molecule is CCCC(CCC(C)C)C1NC(c2cccc(C)c2)=C(c2ccnc(NC3CCCCC3)n2)S1. The Morgan fingerprint density at radius 1 is 1.09 bits per heavy atom. The van der Waals surface area contributed by atoms with Crippen LogP contribution in [-0.2, 0) is 0 Å². The third kappa shape index (κ3) is 6.56. The lowest BCUT2D eigenvalue weighted by Crippen LogP contribution is -2.29. The van der Waals surface area contributed by atoms with E-state index in [1.54, 1.807) is 0 Å². The summed E-state index contributed by atoms with van der Waals surface area (Å²) in [5.74, 6) is 2.16. The van der Waals surface area contributed by atoms with Crippen LogP contribution in [0.1, 0.15) is 95.4 Å². The maximum Gasteiger partial charge on any atom is 0.223 e. The Labute approximate surface area is 210 Å². The van der Waals surface area contributed by atoms with Gasteiger partial charge >= 0.3 is 0 Å². The summed E-state index contributed by atoms with van der Waals surface area (Å²) in [6, 6.07) is 11.4. The van der Waals surface area contributed by atoms with Crippen molar-refractivity contribution in [2.24, 2.45) is 11.8 Å².